The number of aromatic nitrogens is 1. The van der Waals surface area contributed by atoms with E-state index in [2.05, 4.69) is 12.2 Å². The number of aryl methyl sites for hydroxylation is 3. The molecule has 0 aliphatic carbocycles. The molecule has 0 radical (unpaired) electrons. The maximum absolute atomic E-state index is 12.1. The van der Waals surface area contributed by atoms with Gasteiger partial charge in [-0.1, -0.05) is 6.07 Å². The van der Waals surface area contributed by atoms with Crippen LogP contribution in [0.15, 0.2) is 36.5 Å². The Morgan fingerprint density at radius 3 is 2.50 bits per heavy atom. The van der Waals surface area contributed by atoms with Gasteiger partial charge in [0.2, 0.25) is 6.54 Å². The minimum absolute atomic E-state index is 0.00745. The Kier molecular flexibility index (Phi) is 4.18. The Balaban J connectivity index is 2.09. The largest absolute Gasteiger partial charge is 0.321 e. The fourth-order valence-corrected chi connectivity index (χ4v) is 2.10. The summed E-state index contributed by atoms with van der Waals surface area (Å²) < 4.78 is 1.96. The van der Waals surface area contributed by atoms with Gasteiger partial charge < -0.3 is 5.32 Å². The SMILES string of the molecule is Cc1ccc(NC(=O)C[n+]2cccc(C)c2C)cc1C. The third-order valence-electron chi connectivity index (χ3n) is 3.72. The molecule has 0 aliphatic rings. The van der Waals surface area contributed by atoms with Crippen LogP contribution in [0.1, 0.15) is 22.4 Å². The molecule has 1 heterocycles. The number of nitrogens with one attached hydrogen (secondary N) is 1. The van der Waals surface area contributed by atoms with Gasteiger partial charge in [0.1, 0.15) is 0 Å². The van der Waals surface area contributed by atoms with Crippen molar-refractivity contribution in [2.45, 2.75) is 34.2 Å². The first-order valence-corrected chi connectivity index (χ1v) is 6.80. The molecule has 0 fully saturated rings. The van der Waals surface area contributed by atoms with Crippen LogP contribution in [0.3, 0.4) is 0 Å². The molecule has 1 N–H and O–H groups in total. The first-order valence-electron chi connectivity index (χ1n) is 6.80. The number of hydrogen-bond donors (Lipinski definition) is 1. The molecule has 0 unspecified atom stereocenters. The molecule has 2 rings (SSSR count). The lowest BCUT2D eigenvalue weighted by Crippen LogP contribution is -2.43. The third kappa shape index (κ3) is 3.23. The van der Waals surface area contributed by atoms with Gasteiger partial charge in [-0.2, -0.15) is 4.57 Å². The number of hydrogen-bond acceptors (Lipinski definition) is 1. The van der Waals surface area contributed by atoms with E-state index in [9.17, 15) is 4.79 Å². The first-order chi connectivity index (χ1) is 9.47. The number of pyridine rings is 1. The zero-order valence-electron chi connectivity index (χ0n) is 12.5. The topological polar surface area (TPSA) is 33.0 Å². The van der Waals surface area contributed by atoms with Gasteiger partial charge in [-0.15, -0.1) is 0 Å². The molecule has 20 heavy (non-hydrogen) atoms. The molecule has 1 aromatic carbocycles. The Labute approximate surface area is 120 Å². The van der Waals surface area contributed by atoms with Crippen molar-refractivity contribution in [3.63, 3.8) is 0 Å². The van der Waals surface area contributed by atoms with E-state index in [1.54, 1.807) is 0 Å². The van der Waals surface area contributed by atoms with Crippen LogP contribution in [0.2, 0.25) is 0 Å². The molecule has 0 bridgehead atoms. The molecule has 0 saturated heterocycles. The molecule has 0 spiro atoms. The van der Waals surface area contributed by atoms with E-state index < -0.39 is 0 Å². The Morgan fingerprint density at radius 2 is 1.80 bits per heavy atom. The molecule has 3 nitrogen and oxygen atoms in total. The zero-order valence-corrected chi connectivity index (χ0v) is 12.5. The predicted octanol–water partition coefficient (Wildman–Crippen LogP) is 2.85. The Morgan fingerprint density at radius 1 is 1.05 bits per heavy atom. The summed E-state index contributed by atoms with van der Waals surface area (Å²) in [4.78, 5) is 12.1. The van der Waals surface area contributed by atoms with Crippen LogP contribution in [-0.4, -0.2) is 5.91 Å². The van der Waals surface area contributed by atoms with E-state index in [1.807, 2.05) is 61.9 Å². The Bertz CT molecular complexity index is 647. The fourth-order valence-electron chi connectivity index (χ4n) is 2.10. The van der Waals surface area contributed by atoms with Crippen LogP contribution < -0.4 is 9.88 Å². The summed E-state index contributed by atoms with van der Waals surface area (Å²) in [5.41, 5.74) is 5.56. The molecule has 104 valence electrons. The summed E-state index contributed by atoms with van der Waals surface area (Å²) in [5, 5.41) is 2.95. The van der Waals surface area contributed by atoms with Crippen molar-refractivity contribution in [1.82, 2.24) is 0 Å². The maximum Gasteiger partial charge on any atom is 0.290 e. The molecule has 1 amide bonds. The van der Waals surface area contributed by atoms with Crippen LogP contribution in [0.4, 0.5) is 5.69 Å². The van der Waals surface area contributed by atoms with Gasteiger partial charge in [0.15, 0.2) is 11.9 Å². The number of anilines is 1. The smallest absolute Gasteiger partial charge is 0.290 e. The van der Waals surface area contributed by atoms with E-state index in [0.717, 1.165) is 11.4 Å². The molecular weight excluding hydrogens is 248 g/mol. The lowest BCUT2D eigenvalue weighted by Gasteiger charge is -2.07. The van der Waals surface area contributed by atoms with Crippen LogP contribution in [-0.2, 0) is 11.3 Å². The molecule has 0 aliphatic heterocycles. The van der Waals surface area contributed by atoms with Crippen LogP contribution in [0, 0.1) is 27.7 Å². The summed E-state index contributed by atoms with van der Waals surface area (Å²) in [7, 11) is 0. The second-order valence-electron chi connectivity index (χ2n) is 5.25. The average Bonchev–Trinajstić information content (AvgIpc) is 2.39. The third-order valence-corrected chi connectivity index (χ3v) is 3.72. The van der Waals surface area contributed by atoms with E-state index in [1.165, 1.54) is 16.7 Å². The molecule has 0 saturated carbocycles. The van der Waals surface area contributed by atoms with Crippen LogP contribution in [0.5, 0.6) is 0 Å². The van der Waals surface area contributed by atoms with Crippen molar-refractivity contribution in [3.05, 3.63) is 58.9 Å². The van der Waals surface area contributed by atoms with E-state index in [0.29, 0.717) is 6.54 Å². The number of amides is 1. The molecule has 2 aromatic rings. The minimum atomic E-state index is -0.00745. The monoisotopic (exact) mass is 269 g/mol. The van der Waals surface area contributed by atoms with Crippen molar-refractivity contribution in [3.8, 4) is 0 Å². The fraction of sp³-hybridized carbons (Fsp3) is 0.294. The molecule has 1 aromatic heterocycles. The van der Waals surface area contributed by atoms with Gasteiger partial charge in [0, 0.05) is 24.2 Å². The maximum atomic E-state index is 12.1. The van der Waals surface area contributed by atoms with Crippen LogP contribution >= 0.6 is 0 Å². The highest BCUT2D eigenvalue weighted by molar-refractivity contribution is 5.89. The van der Waals surface area contributed by atoms with Crippen molar-refractivity contribution >= 4 is 11.6 Å². The summed E-state index contributed by atoms with van der Waals surface area (Å²) in [6.45, 7) is 8.52. The van der Waals surface area contributed by atoms with Crippen molar-refractivity contribution < 1.29 is 9.36 Å². The van der Waals surface area contributed by atoms with Gasteiger partial charge in [-0.25, -0.2) is 0 Å². The van der Waals surface area contributed by atoms with Gasteiger partial charge in [0.25, 0.3) is 5.91 Å². The summed E-state index contributed by atoms with van der Waals surface area (Å²) in [5.74, 6) is -0.00745. The van der Waals surface area contributed by atoms with E-state index >= 15 is 0 Å². The van der Waals surface area contributed by atoms with Crippen LogP contribution in [0.25, 0.3) is 0 Å². The van der Waals surface area contributed by atoms with E-state index in [4.69, 9.17) is 0 Å². The van der Waals surface area contributed by atoms with Crippen molar-refractivity contribution in [1.29, 1.82) is 0 Å². The number of carbonyl (C=O) groups is 1. The second kappa shape index (κ2) is 5.87. The van der Waals surface area contributed by atoms with Gasteiger partial charge in [-0.3, -0.25) is 4.79 Å². The lowest BCUT2D eigenvalue weighted by molar-refractivity contribution is -0.690. The number of nitrogens with zero attached hydrogens (tertiary/aromatic N) is 1. The molecule has 0 atom stereocenters. The highest BCUT2D eigenvalue weighted by atomic mass is 16.1. The predicted molar refractivity (Wildman–Crippen MR) is 80.7 cm³/mol. The second-order valence-corrected chi connectivity index (χ2v) is 5.25. The van der Waals surface area contributed by atoms with Crippen molar-refractivity contribution in [2.75, 3.05) is 5.32 Å². The van der Waals surface area contributed by atoms with Crippen molar-refractivity contribution in [2.24, 2.45) is 0 Å². The molecule has 3 heteroatoms. The zero-order chi connectivity index (χ0) is 14.7. The van der Waals surface area contributed by atoms with E-state index in [-0.39, 0.29) is 5.91 Å². The minimum Gasteiger partial charge on any atom is -0.321 e. The van der Waals surface area contributed by atoms with Gasteiger partial charge in [-0.05, 0) is 50.1 Å². The standard InChI is InChI=1S/C17H20N2O/c1-12-7-8-16(10-14(12)3)18-17(20)11-19-9-5-6-13(2)15(19)4/h5-10H,11H2,1-4H3/p+1. The summed E-state index contributed by atoms with van der Waals surface area (Å²) in [6, 6.07) is 9.98. The highest BCUT2D eigenvalue weighted by Crippen LogP contribution is 2.13. The number of carbonyl (C=O) groups excluding carboxylic acids is 1. The highest BCUT2D eigenvalue weighted by Gasteiger charge is 2.13. The lowest BCUT2D eigenvalue weighted by atomic mass is 10.1. The number of benzene rings is 1. The first kappa shape index (κ1) is 14.3. The number of rotatable bonds is 3. The van der Waals surface area contributed by atoms with Gasteiger partial charge in [0.05, 0.1) is 0 Å². The quantitative estimate of drug-likeness (QED) is 0.854. The Hall–Kier alpha value is -2.16. The normalized spacial score (nSPS) is 10.4. The summed E-state index contributed by atoms with van der Waals surface area (Å²) >= 11 is 0. The average molecular weight is 269 g/mol. The summed E-state index contributed by atoms with van der Waals surface area (Å²) in [6.07, 6.45) is 1.93. The van der Waals surface area contributed by atoms with Gasteiger partial charge >= 0.3 is 0 Å². The molecular formula is C17H21N2O+.